The van der Waals surface area contributed by atoms with E-state index in [-0.39, 0.29) is 5.75 Å². The van der Waals surface area contributed by atoms with Crippen LogP contribution in [0.3, 0.4) is 0 Å². The van der Waals surface area contributed by atoms with Crippen LogP contribution in [0.4, 0.5) is 17.6 Å². The number of halogens is 5. The van der Waals surface area contributed by atoms with Gasteiger partial charge in [-0.25, -0.2) is 8.78 Å². The Morgan fingerprint density at radius 1 is 0.864 bits per heavy atom. The summed E-state index contributed by atoms with van der Waals surface area (Å²) in [5, 5.41) is 0.660. The quantitative estimate of drug-likeness (QED) is 0.247. The summed E-state index contributed by atoms with van der Waals surface area (Å²) in [6.07, 6.45) is 1.47. The molecule has 0 radical (unpaired) electrons. The van der Waals surface area contributed by atoms with E-state index in [1.807, 2.05) is 0 Å². The van der Waals surface area contributed by atoms with Gasteiger partial charge in [0, 0.05) is 11.6 Å². The number of benzene rings is 2. The van der Waals surface area contributed by atoms with Crippen LogP contribution < -0.4 is 4.74 Å². The smallest absolute Gasteiger partial charge is 0.205 e. The Morgan fingerprint density at radius 3 is 2.18 bits per heavy atom. The van der Waals surface area contributed by atoms with Gasteiger partial charge in [0.2, 0.25) is 17.4 Å². The van der Waals surface area contributed by atoms with Gasteiger partial charge in [0.1, 0.15) is 5.52 Å². The number of fused-ring (bicyclic) bond motifs is 1. The number of para-hydroxylation sites is 1. The zero-order chi connectivity index (χ0) is 15.9. The van der Waals surface area contributed by atoms with Crippen LogP contribution in [0.1, 0.15) is 0 Å². The topological polar surface area (TPSA) is 22.1 Å². The minimum Gasteiger partial charge on any atom is -0.449 e. The predicted molar refractivity (Wildman–Crippen MR) is 80.8 cm³/mol. The number of ether oxygens (including phenoxy) is 1. The van der Waals surface area contributed by atoms with E-state index in [2.05, 4.69) is 4.98 Å². The third-order valence-electron chi connectivity index (χ3n) is 2.98. The molecule has 22 heavy (non-hydrogen) atoms. The van der Waals surface area contributed by atoms with Gasteiger partial charge in [-0.05, 0) is 34.7 Å². The minimum absolute atomic E-state index is 0.00379. The number of pyridine rings is 1. The molecule has 3 rings (SSSR count). The molecule has 0 amide bonds. The molecular weight excluding hydrogens is 413 g/mol. The van der Waals surface area contributed by atoms with Crippen LogP contribution in [0.25, 0.3) is 10.9 Å². The van der Waals surface area contributed by atoms with Gasteiger partial charge in [-0.2, -0.15) is 8.78 Å². The lowest BCUT2D eigenvalue weighted by Gasteiger charge is -2.11. The summed E-state index contributed by atoms with van der Waals surface area (Å²) in [7, 11) is 0. The van der Waals surface area contributed by atoms with Crippen molar-refractivity contribution in [3.8, 4) is 11.5 Å². The molecule has 1 aromatic heterocycles. The van der Waals surface area contributed by atoms with E-state index in [1.165, 1.54) is 34.9 Å². The van der Waals surface area contributed by atoms with Crippen molar-refractivity contribution in [2.75, 3.05) is 0 Å². The Morgan fingerprint density at radius 2 is 1.50 bits per heavy atom. The lowest BCUT2D eigenvalue weighted by atomic mass is 10.2. The van der Waals surface area contributed by atoms with Crippen molar-refractivity contribution in [3.05, 3.63) is 63.4 Å². The number of nitrogens with zero attached hydrogens (tertiary/aromatic N) is 1. The van der Waals surface area contributed by atoms with E-state index in [4.69, 9.17) is 4.74 Å². The number of hydrogen-bond donors (Lipinski definition) is 0. The molecule has 3 aromatic rings. The fraction of sp³-hybridized carbons (Fsp3) is 0. The summed E-state index contributed by atoms with van der Waals surface area (Å²) in [5.41, 5.74) is 0.322. The van der Waals surface area contributed by atoms with Gasteiger partial charge in [-0.1, -0.05) is 18.2 Å². The molecule has 2 aromatic carbocycles. The molecule has 0 saturated carbocycles. The van der Waals surface area contributed by atoms with Crippen LogP contribution in [0.15, 0.2) is 36.5 Å². The van der Waals surface area contributed by atoms with Gasteiger partial charge in [0.15, 0.2) is 17.4 Å². The molecular formula is C15H6F4INO. The van der Waals surface area contributed by atoms with E-state index in [9.17, 15) is 17.6 Å². The second kappa shape index (κ2) is 5.71. The first-order chi connectivity index (χ1) is 10.5. The maximum absolute atomic E-state index is 13.9. The molecule has 0 atom stereocenters. The van der Waals surface area contributed by atoms with Crippen molar-refractivity contribution >= 4 is 33.5 Å². The maximum atomic E-state index is 13.9. The molecule has 0 saturated heterocycles. The normalized spacial score (nSPS) is 11.0. The SMILES string of the molecule is Fc1c(F)c(Oc2cccc3cccnc23)c(F)c(F)c1I. The number of rotatable bonds is 2. The van der Waals surface area contributed by atoms with Gasteiger partial charge < -0.3 is 4.74 Å². The van der Waals surface area contributed by atoms with Crippen molar-refractivity contribution in [1.29, 1.82) is 0 Å². The summed E-state index contributed by atoms with van der Waals surface area (Å²) in [6.45, 7) is 0. The van der Waals surface area contributed by atoms with E-state index < -0.39 is 32.6 Å². The van der Waals surface area contributed by atoms with E-state index in [0.29, 0.717) is 10.9 Å². The lowest BCUT2D eigenvalue weighted by molar-refractivity contribution is 0.364. The lowest BCUT2D eigenvalue weighted by Crippen LogP contribution is -2.03. The highest BCUT2D eigenvalue weighted by Crippen LogP contribution is 2.35. The fourth-order valence-corrected chi connectivity index (χ4v) is 2.42. The summed E-state index contributed by atoms with van der Waals surface area (Å²) in [5.74, 6) is -7.30. The highest BCUT2D eigenvalue weighted by molar-refractivity contribution is 14.1. The molecule has 0 N–H and O–H groups in total. The fourth-order valence-electron chi connectivity index (χ4n) is 1.94. The van der Waals surface area contributed by atoms with Crippen molar-refractivity contribution in [2.45, 2.75) is 0 Å². The third kappa shape index (κ3) is 2.39. The highest BCUT2D eigenvalue weighted by Gasteiger charge is 2.26. The predicted octanol–water partition coefficient (Wildman–Crippen LogP) is 5.19. The molecule has 0 spiro atoms. The average molecular weight is 419 g/mol. The first-order valence-electron chi connectivity index (χ1n) is 6.03. The van der Waals surface area contributed by atoms with Crippen LogP contribution in [0.5, 0.6) is 11.5 Å². The molecule has 0 fully saturated rings. The molecule has 0 aliphatic carbocycles. The second-order valence-corrected chi connectivity index (χ2v) is 5.41. The van der Waals surface area contributed by atoms with Gasteiger partial charge in [-0.3, -0.25) is 4.98 Å². The van der Waals surface area contributed by atoms with E-state index >= 15 is 0 Å². The Labute approximate surface area is 135 Å². The van der Waals surface area contributed by atoms with Crippen LogP contribution >= 0.6 is 22.6 Å². The molecule has 0 aliphatic rings. The van der Waals surface area contributed by atoms with Crippen LogP contribution in [-0.2, 0) is 0 Å². The first-order valence-corrected chi connectivity index (χ1v) is 7.11. The van der Waals surface area contributed by atoms with Crippen LogP contribution in [0.2, 0.25) is 0 Å². The Bertz CT molecular complexity index is 851. The van der Waals surface area contributed by atoms with E-state index in [1.54, 1.807) is 24.3 Å². The number of aromatic nitrogens is 1. The van der Waals surface area contributed by atoms with Crippen LogP contribution in [-0.4, -0.2) is 4.98 Å². The molecule has 2 nitrogen and oxygen atoms in total. The summed E-state index contributed by atoms with van der Waals surface area (Å²) in [6, 6.07) is 8.10. The molecule has 0 bridgehead atoms. The zero-order valence-electron chi connectivity index (χ0n) is 10.7. The summed E-state index contributed by atoms with van der Waals surface area (Å²) in [4.78, 5) is 4.04. The molecule has 0 aliphatic heterocycles. The van der Waals surface area contributed by atoms with Crippen molar-refractivity contribution in [1.82, 2.24) is 4.98 Å². The van der Waals surface area contributed by atoms with Crippen molar-refractivity contribution in [2.24, 2.45) is 0 Å². The second-order valence-electron chi connectivity index (χ2n) is 4.33. The third-order valence-corrected chi connectivity index (χ3v) is 3.92. The molecule has 7 heteroatoms. The standard InChI is InChI=1S/C15H6F4INO/c16-9-11(18)15(12(19)10(17)13(9)20)22-8-5-1-3-7-4-2-6-21-14(7)8/h1-6H. The monoisotopic (exact) mass is 419 g/mol. The largest absolute Gasteiger partial charge is 0.449 e. The Balaban J connectivity index is 2.18. The Hall–Kier alpha value is -1.90. The van der Waals surface area contributed by atoms with Crippen molar-refractivity contribution < 1.29 is 22.3 Å². The summed E-state index contributed by atoms with van der Waals surface area (Å²) < 4.78 is 59.1. The van der Waals surface area contributed by atoms with Gasteiger partial charge in [0.05, 0.1) is 3.57 Å². The van der Waals surface area contributed by atoms with Gasteiger partial charge in [0.25, 0.3) is 0 Å². The average Bonchev–Trinajstić information content (AvgIpc) is 2.55. The summed E-state index contributed by atoms with van der Waals surface area (Å²) >= 11 is 1.18. The van der Waals surface area contributed by atoms with Gasteiger partial charge >= 0.3 is 0 Å². The molecule has 1 heterocycles. The highest BCUT2D eigenvalue weighted by atomic mass is 127. The zero-order valence-corrected chi connectivity index (χ0v) is 12.9. The maximum Gasteiger partial charge on any atom is 0.205 e. The van der Waals surface area contributed by atoms with E-state index in [0.717, 1.165) is 0 Å². The Kier molecular flexibility index (Phi) is 3.90. The minimum atomic E-state index is -1.59. The first kappa shape index (κ1) is 15.0. The van der Waals surface area contributed by atoms with Crippen LogP contribution in [0, 0.1) is 26.8 Å². The number of hydrogen-bond acceptors (Lipinski definition) is 2. The van der Waals surface area contributed by atoms with Gasteiger partial charge in [-0.15, -0.1) is 0 Å². The molecule has 112 valence electrons. The molecule has 0 unspecified atom stereocenters. The van der Waals surface area contributed by atoms with Crippen molar-refractivity contribution in [3.63, 3.8) is 0 Å².